The average Bonchev–Trinajstić information content (AvgIpc) is 2.65. The van der Waals surface area contributed by atoms with Gasteiger partial charge in [0, 0.05) is 4.90 Å². The summed E-state index contributed by atoms with van der Waals surface area (Å²) in [6, 6.07) is 5.24. The van der Waals surface area contributed by atoms with Gasteiger partial charge in [0.2, 0.25) is 0 Å². The van der Waals surface area contributed by atoms with Crippen molar-refractivity contribution in [2.24, 2.45) is 17.8 Å². The Balaban J connectivity index is 1.93. The van der Waals surface area contributed by atoms with Crippen LogP contribution in [0.3, 0.4) is 0 Å². The van der Waals surface area contributed by atoms with Crippen LogP contribution in [-0.2, 0) is 14.3 Å². The van der Waals surface area contributed by atoms with Gasteiger partial charge in [0.15, 0.2) is 6.61 Å². The average molecular weight is 395 g/mol. The monoisotopic (exact) mass is 394 g/mol. The van der Waals surface area contributed by atoms with E-state index in [1.165, 1.54) is 7.11 Å². The molecule has 6 heteroatoms. The van der Waals surface area contributed by atoms with Gasteiger partial charge in [-0.3, -0.25) is 0 Å². The first-order valence-electron chi connectivity index (χ1n) is 9.44. The van der Waals surface area contributed by atoms with Crippen LogP contribution in [0.5, 0.6) is 5.75 Å². The Kier molecular flexibility index (Phi) is 8.02. The van der Waals surface area contributed by atoms with Gasteiger partial charge in [-0.1, -0.05) is 27.2 Å². The Morgan fingerprint density at radius 3 is 2.63 bits per heavy atom. The van der Waals surface area contributed by atoms with Crippen molar-refractivity contribution in [2.75, 3.05) is 20.0 Å². The molecule has 1 aromatic carbocycles. The first kappa shape index (κ1) is 21.6. The third kappa shape index (κ3) is 5.89. The van der Waals surface area contributed by atoms with Crippen LogP contribution >= 0.6 is 11.8 Å². The molecule has 2 rings (SSSR count). The van der Waals surface area contributed by atoms with Crippen molar-refractivity contribution < 1.29 is 23.8 Å². The molecule has 27 heavy (non-hydrogen) atoms. The van der Waals surface area contributed by atoms with Crippen molar-refractivity contribution >= 4 is 23.7 Å². The highest BCUT2D eigenvalue weighted by Crippen LogP contribution is 2.35. The highest BCUT2D eigenvalue weighted by atomic mass is 32.2. The second kappa shape index (κ2) is 10.0. The van der Waals surface area contributed by atoms with Crippen LogP contribution in [0.2, 0.25) is 0 Å². The van der Waals surface area contributed by atoms with E-state index in [0.29, 0.717) is 29.1 Å². The Bertz CT molecular complexity index is 658. The molecule has 0 aliphatic heterocycles. The Morgan fingerprint density at radius 2 is 2.00 bits per heavy atom. The molecule has 0 aromatic heterocycles. The summed E-state index contributed by atoms with van der Waals surface area (Å²) in [7, 11) is 1.50. The lowest BCUT2D eigenvalue weighted by molar-refractivity contribution is -0.159. The highest BCUT2D eigenvalue weighted by Gasteiger charge is 2.33. The van der Waals surface area contributed by atoms with E-state index >= 15 is 0 Å². The predicted molar refractivity (Wildman–Crippen MR) is 106 cm³/mol. The molecule has 1 aromatic rings. The fourth-order valence-electron chi connectivity index (χ4n) is 3.62. The van der Waals surface area contributed by atoms with E-state index in [-0.39, 0.29) is 12.7 Å². The third-order valence-corrected chi connectivity index (χ3v) is 5.92. The molecule has 5 nitrogen and oxygen atoms in total. The van der Waals surface area contributed by atoms with Crippen LogP contribution in [0.4, 0.5) is 0 Å². The largest absolute Gasteiger partial charge is 0.496 e. The number of benzene rings is 1. The Labute approximate surface area is 166 Å². The number of carbonyl (C=O) groups excluding carboxylic acids is 2. The summed E-state index contributed by atoms with van der Waals surface area (Å²) in [5, 5.41) is 0. The zero-order valence-corrected chi connectivity index (χ0v) is 17.6. The lowest BCUT2D eigenvalue weighted by Gasteiger charge is -2.36. The maximum atomic E-state index is 12.3. The predicted octanol–water partition coefficient (Wildman–Crippen LogP) is 4.58. The van der Waals surface area contributed by atoms with Gasteiger partial charge in [0.25, 0.3) is 0 Å². The van der Waals surface area contributed by atoms with Crippen LogP contribution in [0.25, 0.3) is 0 Å². The number of hydrogen-bond acceptors (Lipinski definition) is 6. The second-order valence-corrected chi connectivity index (χ2v) is 8.38. The van der Waals surface area contributed by atoms with Crippen molar-refractivity contribution in [3.63, 3.8) is 0 Å². The van der Waals surface area contributed by atoms with Gasteiger partial charge in [-0.05, 0) is 55.1 Å². The van der Waals surface area contributed by atoms with Crippen LogP contribution < -0.4 is 4.74 Å². The van der Waals surface area contributed by atoms with E-state index in [2.05, 4.69) is 20.8 Å². The molecule has 1 fully saturated rings. The van der Waals surface area contributed by atoms with E-state index in [1.54, 1.807) is 23.9 Å². The lowest BCUT2D eigenvalue weighted by Crippen LogP contribution is -2.36. The minimum absolute atomic E-state index is 0.102. The summed E-state index contributed by atoms with van der Waals surface area (Å²) < 4.78 is 16.1. The van der Waals surface area contributed by atoms with Gasteiger partial charge in [-0.15, -0.1) is 11.8 Å². The zero-order chi connectivity index (χ0) is 20.0. The fraction of sp³-hybridized carbons (Fsp3) is 0.619. The van der Waals surface area contributed by atoms with Gasteiger partial charge >= 0.3 is 11.9 Å². The molecule has 0 amide bonds. The van der Waals surface area contributed by atoms with Crippen molar-refractivity contribution in [1.29, 1.82) is 0 Å². The summed E-state index contributed by atoms with van der Waals surface area (Å²) in [5.41, 5.74) is 0.300. The van der Waals surface area contributed by atoms with Gasteiger partial charge in [-0.2, -0.15) is 0 Å². The molecular formula is C21H30O5S. The molecule has 1 aliphatic rings. The Hall–Kier alpha value is -1.69. The van der Waals surface area contributed by atoms with Crippen LogP contribution in [0.1, 0.15) is 50.4 Å². The van der Waals surface area contributed by atoms with Gasteiger partial charge in [0.05, 0.1) is 7.11 Å². The minimum atomic E-state index is -0.589. The number of carbonyl (C=O) groups is 2. The topological polar surface area (TPSA) is 61.8 Å². The molecule has 0 heterocycles. The molecule has 3 unspecified atom stereocenters. The van der Waals surface area contributed by atoms with Crippen molar-refractivity contribution in [3.05, 3.63) is 23.8 Å². The van der Waals surface area contributed by atoms with Crippen molar-refractivity contribution in [3.8, 4) is 5.75 Å². The van der Waals surface area contributed by atoms with Crippen molar-refractivity contribution in [2.45, 2.75) is 51.0 Å². The maximum absolute atomic E-state index is 12.3. The molecule has 0 spiro atoms. The minimum Gasteiger partial charge on any atom is -0.496 e. The van der Waals surface area contributed by atoms with Crippen LogP contribution in [0, 0.1) is 17.8 Å². The van der Waals surface area contributed by atoms with E-state index in [4.69, 9.17) is 14.2 Å². The normalized spacial score (nSPS) is 22.4. The summed E-state index contributed by atoms with van der Waals surface area (Å²) in [4.78, 5) is 25.6. The van der Waals surface area contributed by atoms with E-state index in [1.807, 2.05) is 12.3 Å². The van der Waals surface area contributed by atoms with Gasteiger partial charge < -0.3 is 14.2 Å². The summed E-state index contributed by atoms with van der Waals surface area (Å²) in [6.07, 6.45) is 4.94. The molecule has 0 N–H and O–H groups in total. The van der Waals surface area contributed by atoms with Crippen LogP contribution in [-0.4, -0.2) is 38.0 Å². The molecule has 0 radical (unpaired) electrons. The van der Waals surface area contributed by atoms with E-state index < -0.39 is 11.9 Å². The second-order valence-electron chi connectivity index (χ2n) is 7.50. The number of thioether (sulfide) groups is 1. The molecule has 0 bridgehead atoms. The number of methoxy groups -OCH3 is 1. The molecule has 1 aliphatic carbocycles. The zero-order valence-electron chi connectivity index (χ0n) is 16.8. The Morgan fingerprint density at radius 1 is 1.26 bits per heavy atom. The number of esters is 2. The molecular weight excluding hydrogens is 364 g/mol. The van der Waals surface area contributed by atoms with Gasteiger partial charge in [-0.25, -0.2) is 9.59 Å². The quantitative estimate of drug-likeness (QED) is 0.498. The van der Waals surface area contributed by atoms with E-state index in [0.717, 1.165) is 24.2 Å². The first-order valence-corrected chi connectivity index (χ1v) is 10.7. The maximum Gasteiger partial charge on any atom is 0.344 e. The SMILES string of the molecule is COc1cc(SC)ccc1C(=O)OCC(=O)OC1CC(C)CCC1C(C)C. The van der Waals surface area contributed by atoms with Crippen LogP contribution in [0.15, 0.2) is 23.1 Å². The highest BCUT2D eigenvalue weighted by molar-refractivity contribution is 7.98. The summed E-state index contributed by atoms with van der Waals surface area (Å²) >= 11 is 1.55. The standard InChI is InChI=1S/C21H30O5S/c1-13(2)16-8-6-14(3)10-19(16)26-20(22)12-25-21(23)17-9-7-15(27-5)11-18(17)24-4/h7,9,11,13-14,16,19H,6,8,10,12H2,1-5H3. The summed E-state index contributed by atoms with van der Waals surface area (Å²) in [5.74, 6) is 0.708. The lowest BCUT2D eigenvalue weighted by atomic mass is 9.75. The molecule has 3 atom stereocenters. The first-order chi connectivity index (χ1) is 12.8. The number of rotatable bonds is 7. The van der Waals surface area contributed by atoms with Gasteiger partial charge in [0.1, 0.15) is 17.4 Å². The number of ether oxygens (including phenoxy) is 3. The fourth-order valence-corrected chi connectivity index (χ4v) is 4.05. The van der Waals surface area contributed by atoms with E-state index in [9.17, 15) is 9.59 Å². The number of hydrogen-bond donors (Lipinski definition) is 0. The third-order valence-electron chi connectivity index (χ3n) is 5.19. The summed E-state index contributed by atoms with van der Waals surface area (Å²) in [6.45, 7) is 6.11. The molecule has 0 saturated heterocycles. The van der Waals surface area contributed by atoms with Crippen molar-refractivity contribution in [1.82, 2.24) is 0 Å². The smallest absolute Gasteiger partial charge is 0.344 e. The molecule has 150 valence electrons. The molecule has 1 saturated carbocycles.